The van der Waals surface area contributed by atoms with E-state index in [0.717, 1.165) is 5.56 Å². The second kappa shape index (κ2) is 6.12. The van der Waals surface area contributed by atoms with E-state index in [9.17, 15) is 13.9 Å². The van der Waals surface area contributed by atoms with Crippen LogP contribution in [0.25, 0.3) is 0 Å². The highest BCUT2D eigenvalue weighted by molar-refractivity contribution is 9.10. The maximum absolute atomic E-state index is 13.5. The summed E-state index contributed by atoms with van der Waals surface area (Å²) in [6.07, 6.45) is 0. The maximum Gasteiger partial charge on any atom is 0.137 e. The maximum atomic E-state index is 13.5. The first-order valence-electron chi connectivity index (χ1n) is 6.46. The van der Waals surface area contributed by atoms with Crippen molar-refractivity contribution in [2.75, 3.05) is 11.9 Å². The number of aliphatic hydroxyl groups excluding tert-OH is 1. The Morgan fingerprint density at radius 3 is 2.48 bits per heavy atom. The highest BCUT2D eigenvalue weighted by Gasteiger charge is 2.26. The largest absolute Gasteiger partial charge is 0.394 e. The Hall–Kier alpha value is -1.46. The summed E-state index contributed by atoms with van der Waals surface area (Å²) >= 11 is 3.13. The van der Waals surface area contributed by atoms with Gasteiger partial charge in [-0.1, -0.05) is 6.07 Å². The number of anilines is 1. The van der Waals surface area contributed by atoms with Gasteiger partial charge in [-0.05, 0) is 71.2 Å². The minimum atomic E-state index is -0.851. The van der Waals surface area contributed by atoms with E-state index in [-0.39, 0.29) is 18.2 Å². The van der Waals surface area contributed by atoms with Gasteiger partial charge < -0.3 is 10.4 Å². The van der Waals surface area contributed by atoms with Crippen molar-refractivity contribution in [2.24, 2.45) is 0 Å². The third-order valence-electron chi connectivity index (χ3n) is 3.34. The van der Waals surface area contributed by atoms with Crippen molar-refractivity contribution in [2.45, 2.75) is 19.4 Å². The molecule has 0 saturated carbocycles. The first-order valence-corrected chi connectivity index (χ1v) is 7.25. The van der Waals surface area contributed by atoms with Crippen molar-refractivity contribution in [3.8, 4) is 0 Å². The molecule has 2 nitrogen and oxygen atoms in total. The molecule has 0 amide bonds. The minimum Gasteiger partial charge on any atom is -0.394 e. The molecule has 2 aromatic carbocycles. The fourth-order valence-corrected chi connectivity index (χ4v) is 2.55. The van der Waals surface area contributed by atoms with Crippen LogP contribution in [0.1, 0.15) is 18.1 Å². The summed E-state index contributed by atoms with van der Waals surface area (Å²) in [5, 5.41) is 12.8. The molecule has 21 heavy (non-hydrogen) atoms. The average molecular weight is 356 g/mol. The molecule has 0 saturated heterocycles. The van der Waals surface area contributed by atoms with Gasteiger partial charge in [0, 0.05) is 5.69 Å². The zero-order chi connectivity index (χ0) is 15.6. The Kier molecular flexibility index (Phi) is 4.64. The van der Waals surface area contributed by atoms with Gasteiger partial charge in [0.15, 0.2) is 0 Å². The lowest BCUT2D eigenvalue weighted by molar-refractivity contribution is 0.224. The molecule has 1 unspecified atom stereocenters. The molecule has 5 heteroatoms. The van der Waals surface area contributed by atoms with Gasteiger partial charge in [-0.25, -0.2) is 8.78 Å². The van der Waals surface area contributed by atoms with Crippen LogP contribution in [0.2, 0.25) is 0 Å². The van der Waals surface area contributed by atoms with E-state index in [1.165, 1.54) is 18.2 Å². The van der Waals surface area contributed by atoms with Crippen LogP contribution in [0.3, 0.4) is 0 Å². The molecule has 0 fully saturated rings. The molecule has 0 aliphatic heterocycles. The van der Waals surface area contributed by atoms with E-state index in [2.05, 4.69) is 21.2 Å². The second-order valence-electron chi connectivity index (χ2n) is 5.26. The molecule has 2 aromatic rings. The normalized spacial score (nSPS) is 13.8. The van der Waals surface area contributed by atoms with Crippen LogP contribution in [0, 0.1) is 18.6 Å². The Balaban J connectivity index is 2.38. The molecule has 0 aliphatic rings. The molecule has 0 heterocycles. The van der Waals surface area contributed by atoms with Crippen LogP contribution in [-0.2, 0) is 5.54 Å². The third kappa shape index (κ3) is 3.60. The number of benzene rings is 2. The van der Waals surface area contributed by atoms with Crippen LogP contribution < -0.4 is 5.32 Å². The molecule has 2 rings (SSSR count). The molecule has 112 valence electrons. The van der Waals surface area contributed by atoms with Crippen molar-refractivity contribution < 1.29 is 13.9 Å². The van der Waals surface area contributed by atoms with Crippen molar-refractivity contribution in [3.63, 3.8) is 0 Å². The smallest absolute Gasteiger partial charge is 0.137 e. The van der Waals surface area contributed by atoms with Gasteiger partial charge in [-0.15, -0.1) is 0 Å². The quantitative estimate of drug-likeness (QED) is 0.854. The zero-order valence-corrected chi connectivity index (χ0v) is 13.3. The summed E-state index contributed by atoms with van der Waals surface area (Å²) in [7, 11) is 0. The lowest BCUT2D eigenvalue weighted by Crippen LogP contribution is -2.36. The van der Waals surface area contributed by atoms with Gasteiger partial charge in [0.25, 0.3) is 0 Å². The van der Waals surface area contributed by atoms with Gasteiger partial charge >= 0.3 is 0 Å². The van der Waals surface area contributed by atoms with Crippen LogP contribution >= 0.6 is 15.9 Å². The Bertz CT molecular complexity index is 642. The summed E-state index contributed by atoms with van der Waals surface area (Å²) < 4.78 is 27.1. The number of nitrogens with one attached hydrogen (secondary N) is 1. The Labute approximate surface area is 130 Å². The van der Waals surface area contributed by atoms with Gasteiger partial charge in [0.2, 0.25) is 0 Å². The molecule has 1 atom stereocenters. The van der Waals surface area contributed by atoms with Crippen molar-refractivity contribution in [3.05, 3.63) is 63.6 Å². The summed E-state index contributed by atoms with van der Waals surface area (Å²) in [5.74, 6) is -0.723. The molecule has 0 aromatic heterocycles. The van der Waals surface area contributed by atoms with Crippen molar-refractivity contribution in [1.82, 2.24) is 0 Å². The van der Waals surface area contributed by atoms with E-state index in [0.29, 0.717) is 15.7 Å². The summed E-state index contributed by atoms with van der Waals surface area (Å²) in [6.45, 7) is 3.34. The number of aryl methyl sites for hydroxylation is 1. The zero-order valence-electron chi connectivity index (χ0n) is 11.8. The van der Waals surface area contributed by atoms with Crippen molar-refractivity contribution in [1.29, 1.82) is 0 Å². The SMILES string of the molecule is Cc1cc(F)cc(NC(C)(CO)c2ccc(F)c(Br)c2)c1. The molecular weight excluding hydrogens is 340 g/mol. The molecule has 0 aliphatic carbocycles. The molecule has 0 radical (unpaired) electrons. The molecule has 0 bridgehead atoms. The first kappa shape index (κ1) is 15.9. The fraction of sp³-hybridized carbons (Fsp3) is 0.250. The highest BCUT2D eigenvalue weighted by Crippen LogP contribution is 2.29. The number of halogens is 3. The number of rotatable bonds is 4. The standard InChI is InChI=1S/C16H16BrF2NO/c1-10-5-12(18)8-13(6-10)20-16(2,9-21)11-3-4-15(19)14(17)7-11/h3-8,20-21H,9H2,1-2H3. The monoisotopic (exact) mass is 355 g/mol. The summed E-state index contributed by atoms with van der Waals surface area (Å²) in [4.78, 5) is 0. The van der Waals surface area contributed by atoms with Gasteiger partial charge in [0.1, 0.15) is 11.6 Å². The van der Waals surface area contributed by atoms with E-state index in [4.69, 9.17) is 0 Å². The third-order valence-corrected chi connectivity index (χ3v) is 3.94. The van der Waals surface area contributed by atoms with Gasteiger partial charge in [-0.3, -0.25) is 0 Å². The Morgan fingerprint density at radius 2 is 1.90 bits per heavy atom. The molecule has 0 spiro atoms. The van der Waals surface area contributed by atoms with E-state index in [1.807, 2.05) is 0 Å². The summed E-state index contributed by atoms with van der Waals surface area (Å²) in [5.41, 5.74) is 1.18. The lowest BCUT2D eigenvalue weighted by Gasteiger charge is -2.31. The van der Waals surface area contributed by atoms with Gasteiger partial charge in [0.05, 0.1) is 16.6 Å². The number of hydrogen-bond donors (Lipinski definition) is 2. The van der Waals surface area contributed by atoms with E-state index in [1.54, 1.807) is 32.0 Å². The minimum absolute atomic E-state index is 0.222. The number of aliphatic hydroxyl groups is 1. The lowest BCUT2D eigenvalue weighted by atomic mass is 9.92. The molecular formula is C16H16BrF2NO. The topological polar surface area (TPSA) is 32.3 Å². The second-order valence-corrected chi connectivity index (χ2v) is 6.12. The highest BCUT2D eigenvalue weighted by atomic mass is 79.9. The van der Waals surface area contributed by atoms with Crippen LogP contribution in [-0.4, -0.2) is 11.7 Å². The van der Waals surface area contributed by atoms with Crippen LogP contribution in [0.15, 0.2) is 40.9 Å². The summed E-state index contributed by atoms with van der Waals surface area (Å²) in [6, 6.07) is 9.09. The average Bonchev–Trinajstić information content (AvgIpc) is 2.40. The molecule has 2 N–H and O–H groups in total. The Morgan fingerprint density at radius 1 is 1.19 bits per heavy atom. The predicted molar refractivity (Wildman–Crippen MR) is 83.3 cm³/mol. The van der Waals surface area contributed by atoms with Crippen LogP contribution in [0.4, 0.5) is 14.5 Å². The number of hydrogen-bond acceptors (Lipinski definition) is 2. The van der Waals surface area contributed by atoms with E-state index >= 15 is 0 Å². The van der Waals surface area contributed by atoms with Gasteiger partial charge in [-0.2, -0.15) is 0 Å². The predicted octanol–water partition coefficient (Wildman–Crippen LogP) is 4.36. The van der Waals surface area contributed by atoms with E-state index < -0.39 is 5.54 Å². The first-order chi connectivity index (χ1) is 9.84. The van der Waals surface area contributed by atoms with Crippen LogP contribution in [0.5, 0.6) is 0 Å². The fourth-order valence-electron chi connectivity index (χ4n) is 2.17. The van der Waals surface area contributed by atoms with Crippen molar-refractivity contribution >= 4 is 21.6 Å².